The Labute approximate surface area is 227 Å². The summed E-state index contributed by atoms with van der Waals surface area (Å²) in [4.78, 5) is 17.3. The first-order chi connectivity index (χ1) is 18.2. The molecule has 1 aliphatic rings. The van der Waals surface area contributed by atoms with E-state index in [1.165, 1.54) is 23.9 Å². The summed E-state index contributed by atoms with van der Waals surface area (Å²) < 4.78 is 33.0. The van der Waals surface area contributed by atoms with Crippen LogP contribution in [0.15, 0.2) is 49.7 Å². The minimum absolute atomic E-state index is 0.0802. The summed E-state index contributed by atoms with van der Waals surface area (Å²) in [5.74, 6) is 2.34. The Morgan fingerprint density at radius 2 is 1.89 bits per heavy atom. The summed E-state index contributed by atoms with van der Waals surface area (Å²) in [5.41, 5.74) is 0.910. The molecule has 1 fully saturated rings. The number of likely N-dealkylation sites (N-methyl/N-ethyl adjacent to an activating group) is 1. The first-order valence-electron chi connectivity index (χ1n) is 12.1. The van der Waals surface area contributed by atoms with Gasteiger partial charge in [0.05, 0.1) is 12.0 Å². The number of hydrogen-bond donors (Lipinski definition) is 2. The minimum Gasteiger partial charge on any atom is -0.490 e. The molecular weight excluding hydrogens is 526 g/mol. The van der Waals surface area contributed by atoms with Crippen molar-refractivity contribution in [3.63, 3.8) is 0 Å². The van der Waals surface area contributed by atoms with Crippen LogP contribution in [0.3, 0.4) is 0 Å². The lowest BCUT2D eigenvalue weighted by Gasteiger charge is -2.36. The van der Waals surface area contributed by atoms with Gasteiger partial charge < -0.3 is 19.9 Å². The third-order valence-electron chi connectivity index (χ3n) is 6.02. The third kappa shape index (κ3) is 6.81. The Morgan fingerprint density at radius 3 is 2.47 bits per heavy atom. The number of anilines is 3. The number of aryl methyl sites for hydroxylation is 1. The van der Waals surface area contributed by atoms with E-state index in [1.54, 1.807) is 19.2 Å². The fraction of sp³-hybridized carbons (Fsp3) is 0.417. The van der Waals surface area contributed by atoms with Crippen LogP contribution in [-0.4, -0.2) is 106 Å². The van der Waals surface area contributed by atoms with Gasteiger partial charge in [-0.05, 0) is 57.0 Å². The number of hydrogen-bond acceptors (Lipinski definition) is 11. The van der Waals surface area contributed by atoms with Gasteiger partial charge in [-0.1, -0.05) is 0 Å². The summed E-state index contributed by atoms with van der Waals surface area (Å²) in [5, 5.41) is 10.9. The highest BCUT2D eigenvalue weighted by Crippen LogP contribution is 2.38. The van der Waals surface area contributed by atoms with E-state index in [4.69, 9.17) is 14.7 Å². The Balaban J connectivity index is 1.63. The number of benzene rings is 1. The lowest BCUT2D eigenvalue weighted by atomic mass is 10.3. The highest BCUT2D eigenvalue weighted by molar-refractivity contribution is 7.99. The molecule has 0 unspecified atom stereocenters. The van der Waals surface area contributed by atoms with Crippen molar-refractivity contribution in [2.24, 2.45) is 4.40 Å². The average molecular weight is 560 g/mol. The van der Waals surface area contributed by atoms with Gasteiger partial charge in [-0.2, -0.15) is 17.9 Å². The molecule has 4 rings (SSSR count). The molecule has 0 spiro atoms. The molecule has 12 nitrogen and oxygen atoms in total. The molecule has 3 heterocycles. The van der Waals surface area contributed by atoms with Crippen molar-refractivity contribution in [3.05, 3.63) is 36.0 Å². The van der Waals surface area contributed by atoms with Gasteiger partial charge >= 0.3 is 0 Å². The number of nitrogens with zero attached hydrogens (tertiary/aromatic N) is 7. The maximum atomic E-state index is 12.0. The molecule has 204 valence electrons. The predicted molar refractivity (Wildman–Crippen MR) is 150 cm³/mol. The van der Waals surface area contributed by atoms with E-state index < -0.39 is 10.0 Å². The standard InChI is InChI=1S/C24H33N9O3S2/c1-17-16-20(30-29-17)26-22-21(36-5)23(33-14-12-32(13-15-33)11-10-31(3)4)28-24(27-22)37-18-6-8-19(9-7-18)38(34,35)25-2/h6-9,16H,2,10-15H2,1,3-5H3,(H2,26,27,28,29,30). The molecule has 0 atom stereocenters. The lowest BCUT2D eigenvalue weighted by molar-refractivity contribution is 0.228. The van der Waals surface area contributed by atoms with Crippen LogP contribution in [0.2, 0.25) is 0 Å². The van der Waals surface area contributed by atoms with Crippen LogP contribution in [0.5, 0.6) is 5.75 Å². The fourth-order valence-electron chi connectivity index (χ4n) is 3.94. The molecule has 14 heteroatoms. The van der Waals surface area contributed by atoms with Crippen LogP contribution in [-0.2, 0) is 10.0 Å². The van der Waals surface area contributed by atoms with E-state index in [0.29, 0.717) is 28.4 Å². The second-order valence-corrected chi connectivity index (χ2v) is 11.8. The van der Waals surface area contributed by atoms with E-state index in [9.17, 15) is 8.42 Å². The van der Waals surface area contributed by atoms with Crippen LogP contribution in [0.1, 0.15) is 5.69 Å². The van der Waals surface area contributed by atoms with Gasteiger partial charge in [-0.3, -0.25) is 10.00 Å². The largest absolute Gasteiger partial charge is 0.490 e. The Bertz CT molecular complexity index is 1350. The van der Waals surface area contributed by atoms with Gasteiger partial charge in [0.25, 0.3) is 10.0 Å². The maximum absolute atomic E-state index is 12.0. The first-order valence-corrected chi connectivity index (χ1v) is 14.3. The summed E-state index contributed by atoms with van der Waals surface area (Å²) in [6.45, 7) is 10.5. The van der Waals surface area contributed by atoms with Gasteiger partial charge in [0.15, 0.2) is 22.6 Å². The van der Waals surface area contributed by atoms with E-state index >= 15 is 0 Å². The zero-order valence-corrected chi connectivity index (χ0v) is 23.6. The molecular formula is C24H33N9O3S2. The van der Waals surface area contributed by atoms with Gasteiger partial charge in [0, 0.05) is 62.6 Å². The predicted octanol–water partition coefficient (Wildman–Crippen LogP) is 2.48. The van der Waals surface area contributed by atoms with Crippen LogP contribution < -0.4 is 15.0 Å². The van der Waals surface area contributed by atoms with Crippen molar-refractivity contribution in [1.29, 1.82) is 0 Å². The number of aromatic nitrogens is 4. The second kappa shape index (κ2) is 12.1. The van der Waals surface area contributed by atoms with Crippen LogP contribution in [0, 0.1) is 6.92 Å². The number of aromatic amines is 1. The smallest absolute Gasteiger partial charge is 0.281 e. The highest BCUT2D eigenvalue weighted by Gasteiger charge is 2.25. The second-order valence-electron chi connectivity index (χ2n) is 9.08. The lowest BCUT2D eigenvalue weighted by Crippen LogP contribution is -2.48. The van der Waals surface area contributed by atoms with Crippen LogP contribution >= 0.6 is 11.8 Å². The maximum Gasteiger partial charge on any atom is 0.281 e. The molecule has 2 aromatic heterocycles. The molecule has 1 aliphatic heterocycles. The van der Waals surface area contributed by atoms with Gasteiger partial charge in [0.2, 0.25) is 5.75 Å². The Morgan fingerprint density at radius 1 is 1.18 bits per heavy atom. The molecule has 0 aliphatic carbocycles. The minimum atomic E-state index is -3.75. The van der Waals surface area contributed by atoms with Crippen molar-refractivity contribution < 1.29 is 13.2 Å². The summed E-state index contributed by atoms with van der Waals surface area (Å²) >= 11 is 1.32. The average Bonchev–Trinajstić information content (AvgIpc) is 3.32. The number of ether oxygens (including phenoxy) is 1. The van der Waals surface area contributed by atoms with Crippen molar-refractivity contribution in [2.75, 3.05) is 70.7 Å². The zero-order valence-electron chi connectivity index (χ0n) is 22.0. The van der Waals surface area contributed by atoms with Crippen LogP contribution in [0.4, 0.5) is 17.5 Å². The van der Waals surface area contributed by atoms with Crippen molar-refractivity contribution in [2.45, 2.75) is 21.9 Å². The monoisotopic (exact) mass is 559 g/mol. The molecule has 1 saturated heterocycles. The number of rotatable bonds is 11. The summed E-state index contributed by atoms with van der Waals surface area (Å²) in [6.07, 6.45) is 0. The highest BCUT2D eigenvalue weighted by atomic mass is 32.2. The Hall–Kier alpha value is -3.20. The Kier molecular flexibility index (Phi) is 8.87. The summed E-state index contributed by atoms with van der Waals surface area (Å²) in [6, 6.07) is 8.27. The molecule has 0 bridgehead atoms. The van der Waals surface area contributed by atoms with Gasteiger partial charge in [-0.15, -0.1) is 0 Å². The molecule has 3 aromatic rings. The van der Waals surface area contributed by atoms with E-state index in [1.807, 2.05) is 13.0 Å². The van der Waals surface area contributed by atoms with Crippen LogP contribution in [0.25, 0.3) is 0 Å². The van der Waals surface area contributed by atoms with Gasteiger partial charge in [-0.25, -0.2) is 9.97 Å². The SMILES string of the molecule is C=NS(=O)(=O)c1ccc(Sc2nc(Nc3cc(C)[nH]n3)c(OC)c(N3CCN(CCN(C)C)CC3)n2)cc1. The molecule has 38 heavy (non-hydrogen) atoms. The number of sulfonamides is 1. The quantitative estimate of drug-likeness (QED) is 0.265. The van der Waals surface area contributed by atoms with Gasteiger partial charge in [0.1, 0.15) is 0 Å². The molecule has 1 aromatic carbocycles. The summed E-state index contributed by atoms with van der Waals surface area (Å²) in [7, 11) is 2.03. The normalized spacial score (nSPS) is 14.6. The van der Waals surface area contributed by atoms with E-state index in [-0.39, 0.29) is 4.90 Å². The van der Waals surface area contributed by atoms with Crippen molar-refractivity contribution in [3.8, 4) is 5.75 Å². The third-order valence-corrected chi connectivity index (χ3v) is 8.10. The molecule has 0 amide bonds. The van der Waals surface area contributed by atoms with Crippen molar-refractivity contribution in [1.82, 2.24) is 30.0 Å². The topological polar surface area (TPSA) is 132 Å². The zero-order chi connectivity index (χ0) is 27.3. The fourth-order valence-corrected chi connectivity index (χ4v) is 5.32. The first kappa shape index (κ1) is 27.8. The molecule has 0 radical (unpaired) electrons. The number of piperazine rings is 1. The molecule has 2 N–H and O–H groups in total. The van der Waals surface area contributed by atoms with E-state index in [0.717, 1.165) is 49.9 Å². The number of methoxy groups -OCH3 is 1. The number of H-pyrrole nitrogens is 1. The molecule has 0 saturated carbocycles. The van der Waals surface area contributed by atoms with E-state index in [2.05, 4.69) is 55.4 Å². The van der Waals surface area contributed by atoms with Crippen molar-refractivity contribution >= 4 is 46.0 Å². The number of nitrogens with one attached hydrogen (secondary N) is 2.